The summed E-state index contributed by atoms with van der Waals surface area (Å²) in [5.74, 6) is 0. The van der Waals surface area contributed by atoms with Gasteiger partial charge in [-0.05, 0) is 38.2 Å². The quantitative estimate of drug-likeness (QED) is 0.592. The first-order valence-corrected chi connectivity index (χ1v) is 8.14. The Morgan fingerprint density at radius 1 is 1.35 bits per heavy atom. The summed E-state index contributed by atoms with van der Waals surface area (Å²) in [5.41, 5.74) is 1.33. The molecule has 0 heterocycles. The van der Waals surface area contributed by atoms with Gasteiger partial charge in [0.25, 0.3) is 0 Å². The molecule has 20 heavy (non-hydrogen) atoms. The Balaban J connectivity index is 2.18. The summed E-state index contributed by atoms with van der Waals surface area (Å²) in [5, 5.41) is 17.7. The molecule has 0 bridgehead atoms. The van der Waals surface area contributed by atoms with Gasteiger partial charge in [0.15, 0.2) is 0 Å². The molecule has 0 aromatic heterocycles. The van der Waals surface area contributed by atoms with Gasteiger partial charge in [-0.15, -0.1) is 0 Å². The van der Waals surface area contributed by atoms with E-state index in [0.717, 1.165) is 6.54 Å². The largest absolute Gasteiger partial charge is 0.380 e. The van der Waals surface area contributed by atoms with Crippen molar-refractivity contribution in [2.24, 2.45) is 0 Å². The second kappa shape index (κ2) is 6.35. The monoisotopic (exact) mass is 295 g/mol. The molecule has 110 valence electrons. The second-order valence-corrected chi connectivity index (χ2v) is 6.36. The van der Waals surface area contributed by atoms with Gasteiger partial charge in [0.1, 0.15) is 11.4 Å². The van der Waals surface area contributed by atoms with E-state index in [1.54, 1.807) is 12.1 Å². The van der Waals surface area contributed by atoms with Crippen molar-refractivity contribution >= 4 is 28.8 Å². The van der Waals surface area contributed by atoms with Crippen LogP contribution in [0.4, 0.5) is 17.1 Å². The standard InChI is InChI=1S/C14H21N3O2S/c1-3-15-11-6-4-7-12(13(11)17(18)19)16-10-14(20-2)8-5-9-14/h4,6-7,15-16H,3,5,8-10H2,1-2H3. The van der Waals surface area contributed by atoms with Gasteiger partial charge < -0.3 is 10.6 Å². The van der Waals surface area contributed by atoms with Crippen LogP contribution in [0.25, 0.3) is 0 Å². The number of nitro groups is 1. The molecular weight excluding hydrogens is 274 g/mol. The van der Waals surface area contributed by atoms with Crippen molar-refractivity contribution in [3.8, 4) is 0 Å². The van der Waals surface area contributed by atoms with Crippen molar-refractivity contribution in [1.29, 1.82) is 0 Å². The van der Waals surface area contributed by atoms with Gasteiger partial charge in [0, 0.05) is 17.8 Å². The van der Waals surface area contributed by atoms with Crippen LogP contribution in [0, 0.1) is 10.1 Å². The third kappa shape index (κ3) is 3.00. The fraction of sp³-hybridized carbons (Fsp3) is 0.571. The average Bonchev–Trinajstić information content (AvgIpc) is 2.38. The number of hydrogen-bond donors (Lipinski definition) is 2. The van der Waals surface area contributed by atoms with Gasteiger partial charge in [-0.1, -0.05) is 12.5 Å². The SMILES string of the molecule is CCNc1cccc(NCC2(SC)CCC2)c1[N+](=O)[O-]. The molecule has 0 amide bonds. The molecule has 0 aliphatic heterocycles. The second-order valence-electron chi connectivity index (χ2n) is 5.08. The number of nitrogens with zero attached hydrogens (tertiary/aromatic N) is 1. The molecule has 0 radical (unpaired) electrons. The molecule has 1 aliphatic rings. The smallest absolute Gasteiger partial charge is 0.315 e. The van der Waals surface area contributed by atoms with Gasteiger partial charge in [-0.2, -0.15) is 11.8 Å². The number of anilines is 2. The van der Waals surface area contributed by atoms with Crippen molar-refractivity contribution in [2.75, 3.05) is 30.0 Å². The Labute approximate surface area is 123 Å². The van der Waals surface area contributed by atoms with Crippen LogP contribution >= 0.6 is 11.8 Å². The van der Waals surface area contributed by atoms with Gasteiger partial charge >= 0.3 is 5.69 Å². The molecule has 0 saturated heterocycles. The number of benzene rings is 1. The first-order valence-electron chi connectivity index (χ1n) is 6.92. The van der Waals surface area contributed by atoms with Gasteiger partial charge in [-0.3, -0.25) is 10.1 Å². The molecule has 5 nitrogen and oxygen atoms in total. The van der Waals surface area contributed by atoms with Crippen LogP contribution in [0.5, 0.6) is 0 Å². The predicted molar refractivity (Wildman–Crippen MR) is 85.8 cm³/mol. The molecule has 2 rings (SSSR count). The van der Waals surface area contributed by atoms with Crippen LogP contribution in [0.15, 0.2) is 18.2 Å². The van der Waals surface area contributed by atoms with Crippen LogP contribution in [0.1, 0.15) is 26.2 Å². The number of thioether (sulfide) groups is 1. The fourth-order valence-corrected chi connectivity index (χ4v) is 3.41. The average molecular weight is 295 g/mol. The topological polar surface area (TPSA) is 67.2 Å². The molecule has 1 aromatic carbocycles. The Hall–Kier alpha value is -1.43. The zero-order chi connectivity index (χ0) is 14.6. The third-order valence-electron chi connectivity index (χ3n) is 3.88. The lowest BCUT2D eigenvalue weighted by atomic mass is 9.84. The van der Waals surface area contributed by atoms with E-state index in [4.69, 9.17) is 0 Å². The van der Waals surface area contributed by atoms with E-state index >= 15 is 0 Å². The van der Waals surface area contributed by atoms with Crippen molar-refractivity contribution < 1.29 is 4.92 Å². The van der Waals surface area contributed by atoms with Crippen LogP contribution in [-0.4, -0.2) is 29.0 Å². The van der Waals surface area contributed by atoms with Crippen LogP contribution in [-0.2, 0) is 0 Å². The summed E-state index contributed by atoms with van der Waals surface area (Å²) in [6.45, 7) is 3.38. The van der Waals surface area contributed by atoms with Gasteiger partial charge in [-0.25, -0.2) is 0 Å². The van der Waals surface area contributed by atoms with E-state index in [-0.39, 0.29) is 15.4 Å². The lowest BCUT2D eigenvalue weighted by Crippen LogP contribution is -2.40. The molecule has 0 unspecified atom stereocenters. The molecule has 0 spiro atoms. The number of para-hydroxylation sites is 1. The lowest BCUT2D eigenvalue weighted by molar-refractivity contribution is -0.383. The first-order chi connectivity index (χ1) is 9.62. The van der Waals surface area contributed by atoms with E-state index in [0.29, 0.717) is 17.9 Å². The van der Waals surface area contributed by atoms with Crippen LogP contribution < -0.4 is 10.6 Å². The van der Waals surface area contributed by atoms with Crippen molar-refractivity contribution in [3.05, 3.63) is 28.3 Å². The zero-order valence-electron chi connectivity index (χ0n) is 11.9. The first kappa shape index (κ1) is 15.0. The highest BCUT2D eigenvalue weighted by Gasteiger charge is 2.36. The maximum Gasteiger partial charge on any atom is 0.315 e. The summed E-state index contributed by atoms with van der Waals surface area (Å²) in [6.07, 6.45) is 5.73. The summed E-state index contributed by atoms with van der Waals surface area (Å²) in [4.78, 5) is 11.0. The van der Waals surface area contributed by atoms with E-state index in [2.05, 4.69) is 16.9 Å². The van der Waals surface area contributed by atoms with Crippen molar-refractivity contribution in [3.63, 3.8) is 0 Å². The number of nitrogens with one attached hydrogen (secondary N) is 2. The molecule has 1 aliphatic carbocycles. The molecule has 0 atom stereocenters. The summed E-state index contributed by atoms with van der Waals surface area (Å²) in [6, 6.07) is 5.38. The highest BCUT2D eigenvalue weighted by Crippen LogP contribution is 2.43. The Kier molecular flexibility index (Phi) is 4.75. The summed E-state index contributed by atoms with van der Waals surface area (Å²) in [7, 11) is 0. The Morgan fingerprint density at radius 2 is 2.00 bits per heavy atom. The summed E-state index contributed by atoms with van der Waals surface area (Å²) >= 11 is 1.86. The van der Waals surface area contributed by atoms with E-state index in [1.807, 2.05) is 24.8 Å². The zero-order valence-corrected chi connectivity index (χ0v) is 12.8. The van der Waals surface area contributed by atoms with E-state index in [1.165, 1.54) is 19.3 Å². The third-order valence-corrected chi connectivity index (χ3v) is 5.30. The van der Waals surface area contributed by atoms with E-state index < -0.39 is 0 Å². The minimum atomic E-state index is -0.313. The number of nitro benzene ring substituents is 1. The molecule has 1 fully saturated rings. The maximum absolute atomic E-state index is 11.3. The summed E-state index contributed by atoms with van der Waals surface area (Å²) < 4.78 is 0.252. The lowest BCUT2D eigenvalue weighted by Gasteiger charge is -2.40. The molecule has 2 N–H and O–H groups in total. The van der Waals surface area contributed by atoms with Crippen molar-refractivity contribution in [2.45, 2.75) is 30.9 Å². The highest BCUT2D eigenvalue weighted by atomic mass is 32.2. The van der Waals surface area contributed by atoms with Crippen LogP contribution in [0.3, 0.4) is 0 Å². The number of hydrogen-bond acceptors (Lipinski definition) is 5. The minimum absolute atomic E-state index is 0.143. The predicted octanol–water partition coefficient (Wildman–Crippen LogP) is 3.72. The molecular formula is C14H21N3O2S. The Bertz CT molecular complexity index is 484. The van der Waals surface area contributed by atoms with Crippen LogP contribution in [0.2, 0.25) is 0 Å². The molecule has 1 aromatic rings. The minimum Gasteiger partial charge on any atom is -0.380 e. The normalized spacial score (nSPS) is 16.3. The fourth-order valence-electron chi connectivity index (χ4n) is 2.50. The number of rotatable bonds is 7. The van der Waals surface area contributed by atoms with Gasteiger partial charge in [0.05, 0.1) is 4.92 Å². The molecule has 6 heteroatoms. The maximum atomic E-state index is 11.3. The van der Waals surface area contributed by atoms with E-state index in [9.17, 15) is 10.1 Å². The molecule has 1 saturated carbocycles. The highest BCUT2D eigenvalue weighted by molar-refractivity contribution is 8.00. The van der Waals surface area contributed by atoms with Gasteiger partial charge in [0.2, 0.25) is 0 Å². The van der Waals surface area contributed by atoms with Crippen molar-refractivity contribution in [1.82, 2.24) is 0 Å². The Morgan fingerprint density at radius 3 is 2.45 bits per heavy atom.